The zero-order chi connectivity index (χ0) is 13.6. The van der Waals surface area contributed by atoms with Gasteiger partial charge < -0.3 is 4.42 Å². The average molecular weight is 262 g/mol. The number of hydrazine groups is 2. The number of furan rings is 1. The Kier molecular flexibility index (Phi) is 2.29. The maximum Gasteiger partial charge on any atom is 0.433 e. The van der Waals surface area contributed by atoms with E-state index in [4.69, 9.17) is 10.3 Å². The van der Waals surface area contributed by atoms with E-state index in [1.165, 1.54) is 23.5 Å². The van der Waals surface area contributed by atoms with Crippen molar-refractivity contribution in [1.29, 1.82) is 0 Å². The first-order valence-corrected chi connectivity index (χ1v) is 5.35. The fraction of sp³-hybridized carbons (Fsp3) is 0.100. The van der Waals surface area contributed by atoms with E-state index in [1.54, 1.807) is 18.3 Å². The number of hydrogen-bond acceptors (Lipinski definition) is 8. The summed E-state index contributed by atoms with van der Waals surface area (Å²) < 4.78 is 5.17. The Morgan fingerprint density at radius 3 is 3.00 bits per heavy atom. The highest BCUT2D eigenvalue weighted by atomic mass is 16.6. The number of nitrogens with two attached hydrogens (primary N) is 1. The van der Waals surface area contributed by atoms with Gasteiger partial charge in [0.1, 0.15) is 28.4 Å². The molecule has 19 heavy (non-hydrogen) atoms. The maximum absolute atomic E-state index is 10.6. The van der Waals surface area contributed by atoms with E-state index in [2.05, 4.69) is 10.4 Å². The van der Waals surface area contributed by atoms with Gasteiger partial charge in [0.15, 0.2) is 5.76 Å². The highest BCUT2D eigenvalue weighted by Crippen LogP contribution is 2.33. The Balaban J connectivity index is 2.08. The molecular weight excluding hydrogens is 252 g/mol. The lowest BCUT2D eigenvalue weighted by Gasteiger charge is -2.20. The van der Waals surface area contributed by atoms with Crippen LogP contribution in [0.5, 0.6) is 0 Å². The van der Waals surface area contributed by atoms with Crippen LogP contribution in [0.2, 0.25) is 0 Å². The van der Waals surface area contributed by atoms with E-state index < -0.39 is 4.92 Å². The minimum Gasteiger partial charge on any atom is -0.399 e. The molecule has 1 aromatic rings. The summed E-state index contributed by atoms with van der Waals surface area (Å²) in [6.45, 7) is 0. The van der Waals surface area contributed by atoms with Crippen LogP contribution in [-0.2, 0) is 0 Å². The molecule has 3 heterocycles. The monoisotopic (exact) mass is 262 g/mol. The molecule has 3 N–H and O–H groups in total. The molecule has 98 valence electrons. The number of nitrogens with one attached hydrogen (secondary N) is 1. The lowest BCUT2D eigenvalue weighted by Crippen LogP contribution is -2.32. The third-order valence-corrected chi connectivity index (χ3v) is 2.78. The van der Waals surface area contributed by atoms with Gasteiger partial charge in [0.2, 0.25) is 0 Å². The molecule has 0 unspecified atom stereocenters. The number of aliphatic imine (C=N–C) groups is 1. The van der Waals surface area contributed by atoms with Crippen molar-refractivity contribution in [3.8, 4) is 0 Å². The van der Waals surface area contributed by atoms with E-state index in [-0.39, 0.29) is 5.88 Å². The standard InChI is InChI=1S/C10H10N6O3/c1-14-6-4-12-5-15(11)10(6)9(13-14)7-2-3-8(19-7)16(17)18/h2-5,13H,11H2,1H3. The van der Waals surface area contributed by atoms with Crippen molar-refractivity contribution >= 4 is 17.9 Å². The lowest BCUT2D eigenvalue weighted by atomic mass is 10.2. The van der Waals surface area contributed by atoms with Crippen LogP contribution in [0.15, 0.2) is 39.1 Å². The molecule has 0 saturated carbocycles. The van der Waals surface area contributed by atoms with Crippen molar-refractivity contribution in [1.82, 2.24) is 15.4 Å². The molecule has 9 heteroatoms. The summed E-state index contributed by atoms with van der Waals surface area (Å²) in [5.74, 6) is 5.83. The normalized spacial score (nSPS) is 17.5. The summed E-state index contributed by atoms with van der Waals surface area (Å²) in [5, 5.41) is 13.7. The van der Waals surface area contributed by atoms with Crippen LogP contribution in [0, 0.1) is 10.1 Å². The minimum atomic E-state index is -0.591. The van der Waals surface area contributed by atoms with Gasteiger partial charge in [-0.05, 0) is 6.07 Å². The van der Waals surface area contributed by atoms with Crippen LogP contribution in [0.3, 0.4) is 0 Å². The molecule has 0 aliphatic carbocycles. The largest absolute Gasteiger partial charge is 0.433 e. The van der Waals surface area contributed by atoms with E-state index in [9.17, 15) is 10.1 Å². The quantitative estimate of drug-likeness (QED) is 0.449. The van der Waals surface area contributed by atoms with E-state index in [0.29, 0.717) is 17.2 Å². The molecule has 0 fully saturated rings. The van der Waals surface area contributed by atoms with Crippen molar-refractivity contribution < 1.29 is 9.34 Å². The Morgan fingerprint density at radius 2 is 2.32 bits per heavy atom. The molecule has 0 aromatic carbocycles. The van der Waals surface area contributed by atoms with E-state index in [1.807, 2.05) is 0 Å². The lowest BCUT2D eigenvalue weighted by molar-refractivity contribution is -0.402. The van der Waals surface area contributed by atoms with Crippen LogP contribution in [0.25, 0.3) is 5.70 Å². The number of fused-ring (bicyclic) bond motifs is 1. The molecule has 9 nitrogen and oxygen atoms in total. The molecule has 1 aromatic heterocycles. The number of nitro groups is 1. The first-order chi connectivity index (χ1) is 9.08. The van der Waals surface area contributed by atoms with E-state index in [0.717, 1.165) is 5.70 Å². The molecule has 3 rings (SSSR count). The minimum absolute atomic E-state index is 0.321. The molecule has 0 radical (unpaired) electrons. The molecule has 2 aliphatic rings. The fourth-order valence-electron chi connectivity index (χ4n) is 1.94. The molecular formula is C10H10N6O3. The first-order valence-electron chi connectivity index (χ1n) is 5.35. The Bertz CT molecular complexity index is 643. The second-order valence-corrected chi connectivity index (χ2v) is 3.98. The van der Waals surface area contributed by atoms with Crippen molar-refractivity contribution in [2.45, 2.75) is 0 Å². The average Bonchev–Trinajstić information content (AvgIpc) is 2.95. The maximum atomic E-state index is 10.6. The second kappa shape index (κ2) is 3.85. The Morgan fingerprint density at radius 1 is 1.53 bits per heavy atom. The van der Waals surface area contributed by atoms with Gasteiger partial charge in [-0.1, -0.05) is 0 Å². The third-order valence-electron chi connectivity index (χ3n) is 2.78. The third kappa shape index (κ3) is 1.64. The summed E-state index contributed by atoms with van der Waals surface area (Å²) in [5.41, 5.74) is 4.96. The topological polar surface area (TPSA) is 113 Å². The van der Waals surface area contributed by atoms with Crippen molar-refractivity contribution in [3.05, 3.63) is 45.6 Å². The van der Waals surface area contributed by atoms with Crippen LogP contribution >= 0.6 is 0 Å². The molecule has 0 atom stereocenters. The van der Waals surface area contributed by atoms with Crippen LogP contribution < -0.4 is 11.3 Å². The predicted octanol–water partition coefficient (Wildman–Crippen LogP) is 0.365. The van der Waals surface area contributed by atoms with Crippen LogP contribution in [0.1, 0.15) is 5.76 Å². The number of rotatable bonds is 2. The molecule has 0 saturated heterocycles. The summed E-state index contributed by atoms with van der Waals surface area (Å²) in [7, 11) is 1.78. The summed E-state index contributed by atoms with van der Waals surface area (Å²) in [4.78, 5) is 14.0. The van der Waals surface area contributed by atoms with Crippen LogP contribution in [-0.4, -0.2) is 28.3 Å². The molecule has 0 bridgehead atoms. The zero-order valence-electron chi connectivity index (χ0n) is 9.90. The number of nitrogens with zero attached hydrogens (tertiary/aromatic N) is 4. The van der Waals surface area contributed by atoms with Gasteiger partial charge in [-0.25, -0.2) is 10.8 Å². The van der Waals surface area contributed by atoms with Gasteiger partial charge in [-0.15, -0.1) is 0 Å². The smallest absolute Gasteiger partial charge is 0.399 e. The molecule has 0 amide bonds. The molecule has 0 spiro atoms. The van der Waals surface area contributed by atoms with Crippen molar-refractivity contribution in [3.63, 3.8) is 0 Å². The van der Waals surface area contributed by atoms with Gasteiger partial charge in [-0.3, -0.25) is 25.6 Å². The SMILES string of the molecule is CN1NC(c2ccc([N+](=O)[O-])o2)=C2C1=CN=CN2N. The Labute approximate surface area is 107 Å². The predicted molar refractivity (Wildman–Crippen MR) is 65.8 cm³/mol. The van der Waals surface area contributed by atoms with E-state index >= 15 is 0 Å². The molecule has 2 aliphatic heterocycles. The van der Waals surface area contributed by atoms with Crippen LogP contribution in [0.4, 0.5) is 5.88 Å². The van der Waals surface area contributed by atoms with Gasteiger partial charge in [-0.2, -0.15) is 0 Å². The van der Waals surface area contributed by atoms with Gasteiger partial charge in [0.25, 0.3) is 0 Å². The number of likely N-dealkylation sites (N-methyl/N-ethyl adjacent to an activating group) is 1. The van der Waals surface area contributed by atoms with Gasteiger partial charge in [0.05, 0.1) is 12.3 Å². The summed E-state index contributed by atoms with van der Waals surface area (Å²) >= 11 is 0. The second-order valence-electron chi connectivity index (χ2n) is 3.98. The Hall–Kier alpha value is -2.81. The number of hydrogen-bond donors (Lipinski definition) is 2. The highest BCUT2D eigenvalue weighted by Gasteiger charge is 2.32. The zero-order valence-corrected chi connectivity index (χ0v) is 9.90. The first kappa shape index (κ1) is 11.3. The van der Waals surface area contributed by atoms with Gasteiger partial charge in [0, 0.05) is 7.05 Å². The van der Waals surface area contributed by atoms with Crippen molar-refractivity contribution in [2.24, 2.45) is 10.8 Å². The highest BCUT2D eigenvalue weighted by molar-refractivity contribution is 5.76. The summed E-state index contributed by atoms with van der Waals surface area (Å²) in [6.07, 6.45) is 3.08. The van der Waals surface area contributed by atoms with Gasteiger partial charge >= 0.3 is 5.88 Å². The fourth-order valence-corrected chi connectivity index (χ4v) is 1.94. The van der Waals surface area contributed by atoms with Crippen molar-refractivity contribution in [2.75, 3.05) is 7.05 Å². The summed E-state index contributed by atoms with van der Waals surface area (Å²) in [6, 6.07) is 2.81.